The van der Waals surface area contributed by atoms with Crippen molar-refractivity contribution in [3.05, 3.63) is 0 Å². The van der Waals surface area contributed by atoms with Gasteiger partial charge in [0.1, 0.15) is 6.04 Å². The van der Waals surface area contributed by atoms with Gasteiger partial charge >= 0.3 is 5.97 Å². The number of hydrogen-bond donors (Lipinski definition) is 2. The third-order valence-electron chi connectivity index (χ3n) is 4.52. The maximum absolute atomic E-state index is 11.2. The third kappa shape index (κ3) is 3.42. The lowest BCUT2D eigenvalue weighted by Gasteiger charge is -2.42. The van der Waals surface area contributed by atoms with Gasteiger partial charge in [-0.2, -0.15) is 0 Å². The molecule has 0 aliphatic carbocycles. The molecule has 0 spiro atoms. The molecule has 0 radical (unpaired) electrons. The van der Waals surface area contributed by atoms with Crippen LogP contribution in [0.15, 0.2) is 0 Å². The smallest absolute Gasteiger partial charge is 0.320 e. The molecule has 3 N–H and O–H groups in total. The zero-order chi connectivity index (χ0) is 12.9. The van der Waals surface area contributed by atoms with E-state index in [9.17, 15) is 9.90 Å². The molecule has 0 aromatic carbocycles. The molecule has 0 aromatic heterocycles. The van der Waals surface area contributed by atoms with Crippen molar-refractivity contribution in [3.63, 3.8) is 0 Å². The Morgan fingerprint density at radius 3 is 2.24 bits per heavy atom. The molecule has 1 rings (SSSR count). The lowest BCUT2D eigenvalue weighted by Crippen LogP contribution is -2.48. The number of aliphatic carboxylic acids is 1. The van der Waals surface area contributed by atoms with E-state index in [0.717, 1.165) is 25.9 Å². The Kier molecular flexibility index (Phi) is 5.40. The summed E-state index contributed by atoms with van der Waals surface area (Å²) in [5, 5.41) is 9.20. The summed E-state index contributed by atoms with van der Waals surface area (Å²) in [6, 6.07) is -0.383. The van der Waals surface area contributed by atoms with Crippen LogP contribution in [0.5, 0.6) is 0 Å². The normalized spacial score (nSPS) is 22.3. The van der Waals surface area contributed by atoms with Gasteiger partial charge in [-0.1, -0.05) is 26.7 Å². The molecule has 17 heavy (non-hydrogen) atoms. The number of nitrogens with two attached hydrogens (primary N) is 1. The molecular formula is C13H26N2O2. The summed E-state index contributed by atoms with van der Waals surface area (Å²) in [6.07, 6.45) is 5.20. The Labute approximate surface area is 104 Å². The molecule has 1 aliphatic heterocycles. The standard InChI is InChI=1S/C13H26N2O2/c1-3-13(4-2)6-9-15(10-7-13)11(5-8-14)12(16)17/h11H,3-10,14H2,1-2H3,(H,16,17). The van der Waals surface area contributed by atoms with E-state index in [4.69, 9.17) is 5.73 Å². The van der Waals surface area contributed by atoms with Crippen molar-refractivity contribution in [2.24, 2.45) is 11.1 Å². The Hall–Kier alpha value is -0.610. The zero-order valence-corrected chi connectivity index (χ0v) is 11.1. The minimum absolute atomic E-state index is 0.383. The number of piperidine rings is 1. The van der Waals surface area contributed by atoms with Gasteiger partial charge in [-0.15, -0.1) is 0 Å². The molecule has 100 valence electrons. The van der Waals surface area contributed by atoms with Crippen molar-refractivity contribution in [3.8, 4) is 0 Å². The Morgan fingerprint density at radius 2 is 1.88 bits per heavy atom. The fourth-order valence-electron chi connectivity index (χ4n) is 2.89. The summed E-state index contributed by atoms with van der Waals surface area (Å²) in [6.45, 7) is 6.74. The first-order valence-corrected chi connectivity index (χ1v) is 6.75. The van der Waals surface area contributed by atoms with E-state index in [0.29, 0.717) is 18.4 Å². The number of carbonyl (C=O) groups is 1. The third-order valence-corrected chi connectivity index (χ3v) is 4.52. The zero-order valence-electron chi connectivity index (χ0n) is 11.1. The first-order chi connectivity index (χ1) is 8.08. The highest BCUT2D eigenvalue weighted by Crippen LogP contribution is 2.38. The second kappa shape index (κ2) is 6.36. The minimum Gasteiger partial charge on any atom is -0.480 e. The molecule has 4 nitrogen and oxygen atoms in total. The molecule has 0 bridgehead atoms. The molecule has 1 fully saturated rings. The van der Waals surface area contributed by atoms with Crippen molar-refractivity contribution >= 4 is 5.97 Å². The first kappa shape index (κ1) is 14.5. The van der Waals surface area contributed by atoms with Crippen LogP contribution in [0.2, 0.25) is 0 Å². The fourth-order valence-corrected chi connectivity index (χ4v) is 2.89. The van der Waals surface area contributed by atoms with Gasteiger partial charge in [-0.25, -0.2) is 0 Å². The molecule has 4 heteroatoms. The van der Waals surface area contributed by atoms with E-state index in [1.54, 1.807) is 0 Å². The van der Waals surface area contributed by atoms with Crippen LogP contribution in [0, 0.1) is 5.41 Å². The summed E-state index contributed by atoms with van der Waals surface area (Å²) in [5.41, 5.74) is 5.94. The Balaban J connectivity index is 2.57. The fraction of sp³-hybridized carbons (Fsp3) is 0.923. The van der Waals surface area contributed by atoms with Crippen LogP contribution in [0.1, 0.15) is 46.0 Å². The topological polar surface area (TPSA) is 66.6 Å². The van der Waals surface area contributed by atoms with Crippen LogP contribution >= 0.6 is 0 Å². The lowest BCUT2D eigenvalue weighted by molar-refractivity contribution is -0.144. The van der Waals surface area contributed by atoms with E-state index >= 15 is 0 Å². The second-order valence-corrected chi connectivity index (χ2v) is 5.17. The number of carboxylic acid groups (broad SMARTS) is 1. The SMILES string of the molecule is CCC1(CC)CCN(C(CCN)C(=O)O)CC1. The highest BCUT2D eigenvalue weighted by atomic mass is 16.4. The van der Waals surface area contributed by atoms with Crippen molar-refractivity contribution in [1.82, 2.24) is 4.90 Å². The van der Waals surface area contributed by atoms with Crippen LogP contribution in [-0.2, 0) is 4.79 Å². The van der Waals surface area contributed by atoms with E-state index < -0.39 is 5.97 Å². The summed E-state index contributed by atoms with van der Waals surface area (Å²) in [4.78, 5) is 13.3. The van der Waals surface area contributed by atoms with Gasteiger partial charge in [-0.3, -0.25) is 9.69 Å². The van der Waals surface area contributed by atoms with E-state index in [1.807, 2.05) is 0 Å². The van der Waals surface area contributed by atoms with Crippen molar-refractivity contribution in [2.45, 2.75) is 52.0 Å². The lowest BCUT2D eigenvalue weighted by atomic mass is 9.74. The van der Waals surface area contributed by atoms with Gasteiger partial charge in [0, 0.05) is 0 Å². The minimum atomic E-state index is -0.726. The quantitative estimate of drug-likeness (QED) is 0.744. The van der Waals surface area contributed by atoms with Gasteiger partial charge < -0.3 is 10.8 Å². The molecule has 1 aliphatic rings. The Morgan fingerprint density at radius 1 is 1.35 bits per heavy atom. The summed E-state index contributed by atoms with van der Waals surface area (Å²) in [5.74, 6) is -0.726. The predicted molar refractivity (Wildman–Crippen MR) is 68.9 cm³/mol. The molecule has 1 atom stereocenters. The highest BCUT2D eigenvalue weighted by Gasteiger charge is 2.35. The first-order valence-electron chi connectivity index (χ1n) is 6.75. The summed E-state index contributed by atoms with van der Waals surface area (Å²) < 4.78 is 0. The molecule has 0 saturated carbocycles. The van der Waals surface area contributed by atoms with Crippen molar-refractivity contribution < 1.29 is 9.90 Å². The van der Waals surface area contributed by atoms with Crippen molar-refractivity contribution in [2.75, 3.05) is 19.6 Å². The second-order valence-electron chi connectivity index (χ2n) is 5.17. The van der Waals surface area contributed by atoms with Crippen LogP contribution in [0.25, 0.3) is 0 Å². The highest BCUT2D eigenvalue weighted by molar-refractivity contribution is 5.73. The number of carboxylic acids is 1. The van der Waals surface area contributed by atoms with Gasteiger partial charge in [-0.05, 0) is 44.3 Å². The summed E-state index contributed by atoms with van der Waals surface area (Å²) >= 11 is 0. The van der Waals surface area contributed by atoms with Crippen LogP contribution in [0.4, 0.5) is 0 Å². The van der Waals surface area contributed by atoms with Gasteiger partial charge in [0.2, 0.25) is 0 Å². The maximum Gasteiger partial charge on any atom is 0.320 e. The number of nitrogens with zero attached hydrogens (tertiary/aromatic N) is 1. The molecule has 0 aromatic rings. The van der Waals surface area contributed by atoms with E-state index in [-0.39, 0.29) is 6.04 Å². The molecule has 1 unspecified atom stereocenters. The maximum atomic E-state index is 11.2. The van der Waals surface area contributed by atoms with Crippen LogP contribution < -0.4 is 5.73 Å². The van der Waals surface area contributed by atoms with Crippen LogP contribution in [-0.4, -0.2) is 41.7 Å². The molecular weight excluding hydrogens is 216 g/mol. The number of hydrogen-bond acceptors (Lipinski definition) is 3. The van der Waals surface area contributed by atoms with Gasteiger partial charge in [0.25, 0.3) is 0 Å². The van der Waals surface area contributed by atoms with Crippen molar-refractivity contribution in [1.29, 1.82) is 0 Å². The van der Waals surface area contributed by atoms with Crippen LogP contribution in [0.3, 0.4) is 0 Å². The molecule has 0 amide bonds. The summed E-state index contributed by atoms with van der Waals surface area (Å²) in [7, 11) is 0. The molecule has 1 saturated heterocycles. The largest absolute Gasteiger partial charge is 0.480 e. The van der Waals surface area contributed by atoms with E-state index in [2.05, 4.69) is 18.7 Å². The molecule has 1 heterocycles. The van der Waals surface area contributed by atoms with Gasteiger partial charge in [0.05, 0.1) is 0 Å². The van der Waals surface area contributed by atoms with E-state index in [1.165, 1.54) is 12.8 Å². The number of likely N-dealkylation sites (tertiary alicyclic amines) is 1. The average Bonchev–Trinajstić information content (AvgIpc) is 2.36. The number of rotatable bonds is 6. The monoisotopic (exact) mass is 242 g/mol. The van der Waals surface area contributed by atoms with Gasteiger partial charge in [0.15, 0.2) is 0 Å². The Bertz CT molecular complexity index is 242. The predicted octanol–water partition coefficient (Wildman–Crippen LogP) is 1.69. The average molecular weight is 242 g/mol.